The highest BCUT2D eigenvalue weighted by molar-refractivity contribution is 7.10. The van der Waals surface area contributed by atoms with E-state index in [4.69, 9.17) is 4.99 Å². The summed E-state index contributed by atoms with van der Waals surface area (Å²) in [6, 6.07) is 4.69. The summed E-state index contributed by atoms with van der Waals surface area (Å²) in [5.41, 5.74) is 0. The average molecular weight is 380 g/mol. The standard InChI is InChI=1S/C19H33N5OS/c1-4-20-19(22-10-9-21-18(25)15(2)3)23-14-16(17-8-7-13-26-17)24-11-5-6-12-24/h7-8,13,15-16H,4-6,9-12,14H2,1-3H3,(H,21,25)(H2,20,22,23). The molecule has 1 aromatic rings. The number of guanidine groups is 1. The maximum atomic E-state index is 11.6. The number of hydrogen-bond donors (Lipinski definition) is 3. The zero-order valence-electron chi connectivity index (χ0n) is 16.3. The molecule has 2 heterocycles. The Labute approximate surface area is 161 Å². The second-order valence-corrected chi connectivity index (χ2v) is 7.85. The first-order valence-corrected chi connectivity index (χ1v) is 10.6. The topological polar surface area (TPSA) is 68.8 Å². The van der Waals surface area contributed by atoms with Gasteiger partial charge in [-0.1, -0.05) is 19.9 Å². The Kier molecular flexibility index (Phi) is 8.91. The van der Waals surface area contributed by atoms with Gasteiger partial charge in [0.25, 0.3) is 0 Å². The quantitative estimate of drug-likeness (QED) is 0.350. The van der Waals surface area contributed by atoms with Crippen LogP contribution in [0.4, 0.5) is 0 Å². The molecule has 1 fully saturated rings. The van der Waals surface area contributed by atoms with E-state index in [1.165, 1.54) is 17.7 Å². The van der Waals surface area contributed by atoms with E-state index >= 15 is 0 Å². The third kappa shape index (κ3) is 6.61. The molecule has 26 heavy (non-hydrogen) atoms. The molecule has 2 rings (SSSR count). The van der Waals surface area contributed by atoms with E-state index in [0.29, 0.717) is 19.1 Å². The van der Waals surface area contributed by atoms with Gasteiger partial charge in [0.05, 0.1) is 12.6 Å². The van der Waals surface area contributed by atoms with Gasteiger partial charge < -0.3 is 16.0 Å². The van der Waals surface area contributed by atoms with Crippen LogP contribution < -0.4 is 16.0 Å². The van der Waals surface area contributed by atoms with Crippen LogP contribution in [-0.2, 0) is 4.79 Å². The van der Waals surface area contributed by atoms with Crippen molar-refractivity contribution in [3.05, 3.63) is 22.4 Å². The van der Waals surface area contributed by atoms with Crippen LogP contribution in [0.1, 0.15) is 44.5 Å². The lowest BCUT2D eigenvalue weighted by Gasteiger charge is -2.25. The number of nitrogens with one attached hydrogen (secondary N) is 3. The van der Waals surface area contributed by atoms with Crippen molar-refractivity contribution < 1.29 is 4.79 Å². The molecule has 0 spiro atoms. The van der Waals surface area contributed by atoms with Crippen LogP contribution in [0.2, 0.25) is 0 Å². The summed E-state index contributed by atoms with van der Waals surface area (Å²) in [7, 11) is 0. The second kappa shape index (κ2) is 11.2. The molecular weight excluding hydrogens is 346 g/mol. The van der Waals surface area contributed by atoms with E-state index in [-0.39, 0.29) is 11.8 Å². The number of thiophene rings is 1. The highest BCUT2D eigenvalue weighted by Crippen LogP contribution is 2.28. The van der Waals surface area contributed by atoms with Crippen LogP contribution in [0.15, 0.2) is 22.5 Å². The Morgan fingerprint density at radius 3 is 2.58 bits per heavy atom. The first-order valence-electron chi connectivity index (χ1n) is 9.69. The van der Waals surface area contributed by atoms with Crippen LogP contribution in [0.25, 0.3) is 0 Å². The van der Waals surface area contributed by atoms with E-state index in [1.54, 1.807) is 0 Å². The van der Waals surface area contributed by atoms with Crippen molar-refractivity contribution in [1.82, 2.24) is 20.9 Å². The van der Waals surface area contributed by atoms with Crippen LogP contribution in [0, 0.1) is 5.92 Å². The molecule has 0 aliphatic carbocycles. The van der Waals surface area contributed by atoms with Crippen molar-refractivity contribution in [2.45, 2.75) is 39.7 Å². The summed E-state index contributed by atoms with van der Waals surface area (Å²) in [5.74, 6) is 0.913. The van der Waals surface area contributed by atoms with Gasteiger partial charge in [0.1, 0.15) is 0 Å². The summed E-state index contributed by atoms with van der Waals surface area (Å²) in [5, 5.41) is 11.7. The lowest BCUT2D eigenvalue weighted by atomic mass is 10.2. The number of rotatable bonds is 9. The van der Waals surface area contributed by atoms with E-state index in [2.05, 4.69) is 45.3 Å². The molecule has 7 heteroatoms. The largest absolute Gasteiger partial charge is 0.357 e. The van der Waals surface area contributed by atoms with E-state index in [0.717, 1.165) is 32.1 Å². The monoisotopic (exact) mass is 379 g/mol. The van der Waals surface area contributed by atoms with Crippen molar-refractivity contribution in [2.24, 2.45) is 10.9 Å². The zero-order chi connectivity index (χ0) is 18.8. The summed E-state index contributed by atoms with van der Waals surface area (Å²) >= 11 is 1.81. The Bertz CT molecular complexity index is 552. The molecule has 1 aromatic heterocycles. The summed E-state index contributed by atoms with van der Waals surface area (Å²) in [6.07, 6.45) is 2.55. The third-order valence-corrected chi connectivity index (χ3v) is 5.43. The molecular formula is C19H33N5OS. The van der Waals surface area contributed by atoms with Gasteiger partial charge in [-0.15, -0.1) is 11.3 Å². The molecule has 1 aliphatic heterocycles. The number of carbonyl (C=O) groups excluding carboxylic acids is 1. The number of hydrogen-bond acceptors (Lipinski definition) is 4. The van der Waals surface area contributed by atoms with E-state index < -0.39 is 0 Å². The van der Waals surface area contributed by atoms with Crippen molar-refractivity contribution in [1.29, 1.82) is 0 Å². The minimum atomic E-state index is 0.0175. The lowest BCUT2D eigenvalue weighted by molar-refractivity contribution is -0.123. The third-order valence-electron chi connectivity index (χ3n) is 4.46. The molecule has 0 radical (unpaired) electrons. The van der Waals surface area contributed by atoms with Crippen LogP contribution in [0.3, 0.4) is 0 Å². The Balaban J connectivity index is 1.89. The first-order chi connectivity index (χ1) is 12.6. The number of nitrogens with zero attached hydrogens (tertiary/aromatic N) is 2. The predicted octanol–water partition coefficient (Wildman–Crippen LogP) is 2.21. The number of amides is 1. The number of likely N-dealkylation sites (tertiary alicyclic amines) is 1. The van der Waals surface area contributed by atoms with Crippen molar-refractivity contribution in [3.63, 3.8) is 0 Å². The first kappa shape index (κ1) is 20.7. The summed E-state index contributed by atoms with van der Waals surface area (Å²) in [6.45, 7) is 11.0. The molecule has 146 valence electrons. The van der Waals surface area contributed by atoms with Crippen molar-refractivity contribution in [2.75, 3.05) is 39.3 Å². The maximum absolute atomic E-state index is 11.6. The Hall–Kier alpha value is -1.60. The van der Waals surface area contributed by atoms with E-state index in [1.807, 2.05) is 25.2 Å². The van der Waals surface area contributed by atoms with E-state index in [9.17, 15) is 4.79 Å². The minimum absolute atomic E-state index is 0.0175. The van der Waals surface area contributed by atoms with Gasteiger partial charge in [-0.3, -0.25) is 14.7 Å². The fourth-order valence-electron chi connectivity index (χ4n) is 3.01. The van der Waals surface area contributed by atoms with Gasteiger partial charge in [-0.05, 0) is 44.3 Å². The molecule has 1 atom stereocenters. The lowest BCUT2D eigenvalue weighted by Crippen LogP contribution is -2.42. The molecule has 0 aromatic carbocycles. The van der Waals surface area contributed by atoms with Crippen molar-refractivity contribution >= 4 is 23.2 Å². The average Bonchev–Trinajstić information content (AvgIpc) is 3.32. The summed E-state index contributed by atoms with van der Waals surface area (Å²) < 4.78 is 0. The normalized spacial score (nSPS) is 16.7. The van der Waals surface area contributed by atoms with Gasteiger partial charge in [-0.25, -0.2) is 0 Å². The minimum Gasteiger partial charge on any atom is -0.357 e. The van der Waals surface area contributed by atoms with Gasteiger partial charge in [-0.2, -0.15) is 0 Å². The zero-order valence-corrected chi connectivity index (χ0v) is 17.1. The van der Waals surface area contributed by atoms with Crippen LogP contribution in [0.5, 0.6) is 0 Å². The van der Waals surface area contributed by atoms with Gasteiger partial charge in [0, 0.05) is 30.4 Å². The van der Waals surface area contributed by atoms with Gasteiger partial charge >= 0.3 is 0 Å². The Morgan fingerprint density at radius 1 is 1.23 bits per heavy atom. The fraction of sp³-hybridized carbons (Fsp3) is 0.684. The molecule has 1 aliphatic rings. The molecule has 0 bridgehead atoms. The van der Waals surface area contributed by atoms with Gasteiger partial charge in [0.15, 0.2) is 5.96 Å². The molecule has 1 amide bonds. The summed E-state index contributed by atoms with van der Waals surface area (Å²) in [4.78, 5) is 20.4. The molecule has 1 saturated heterocycles. The SMILES string of the molecule is CCNC(=NCC(c1cccs1)N1CCCC1)NCCNC(=O)C(C)C. The number of carbonyl (C=O) groups is 1. The predicted molar refractivity (Wildman–Crippen MR) is 110 cm³/mol. The highest BCUT2D eigenvalue weighted by Gasteiger charge is 2.24. The van der Waals surface area contributed by atoms with Gasteiger partial charge in [0.2, 0.25) is 5.91 Å². The van der Waals surface area contributed by atoms with Crippen LogP contribution >= 0.6 is 11.3 Å². The smallest absolute Gasteiger partial charge is 0.222 e. The fourth-order valence-corrected chi connectivity index (χ4v) is 3.86. The maximum Gasteiger partial charge on any atom is 0.222 e. The second-order valence-electron chi connectivity index (χ2n) is 6.87. The molecule has 1 unspecified atom stereocenters. The van der Waals surface area contributed by atoms with Crippen molar-refractivity contribution in [3.8, 4) is 0 Å². The Morgan fingerprint density at radius 2 is 1.96 bits per heavy atom. The molecule has 6 nitrogen and oxygen atoms in total. The number of aliphatic imine (C=N–C) groups is 1. The van der Waals surface area contributed by atoms with Crippen LogP contribution in [-0.4, -0.2) is 56.0 Å². The molecule has 3 N–H and O–H groups in total. The molecule has 0 saturated carbocycles. The highest BCUT2D eigenvalue weighted by atomic mass is 32.1.